The number of ether oxygens (including phenoxy) is 1. The molecule has 108 valence electrons. The second-order valence-corrected chi connectivity index (χ2v) is 5.55. The summed E-state index contributed by atoms with van der Waals surface area (Å²) in [5, 5.41) is 1.73. The normalized spacial score (nSPS) is 17.2. The lowest BCUT2D eigenvalue weighted by Gasteiger charge is -2.22. The van der Waals surface area contributed by atoms with Crippen LogP contribution in [0.1, 0.15) is 33.6 Å². The quantitative estimate of drug-likeness (QED) is 0.838. The topological polar surface area (TPSA) is 41.6 Å². The third-order valence-corrected chi connectivity index (χ3v) is 3.61. The highest BCUT2D eigenvalue weighted by Crippen LogP contribution is 2.36. The zero-order valence-corrected chi connectivity index (χ0v) is 12.4. The molecule has 0 bridgehead atoms. The van der Waals surface area contributed by atoms with Gasteiger partial charge in [0.15, 0.2) is 0 Å². The maximum Gasteiger partial charge on any atom is 0.250 e. The average Bonchev–Trinajstić information content (AvgIpc) is 2.63. The Morgan fingerprint density at radius 1 is 1.40 bits per heavy atom. The minimum atomic E-state index is -0.584. The lowest BCUT2D eigenvalue weighted by molar-refractivity contribution is -0.125. The molecule has 20 heavy (non-hydrogen) atoms. The molecule has 2 rings (SSSR count). The smallest absolute Gasteiger partial charge is 0.250 e. The molecule has 0 radical (unpaired) electrons. The highest BCUT2D eigenvalue weighted by molar-refractivity contribution is 5.92. The van der Waals surface area contributed by atoms with E-state index in [1.807, 2.05) is 38.1 Å². The van der Waals surface area contributed by atoms with Gasteiger partial charge in [0.1, 0.15) is 5.75 Å². The minimum absolute atomic E-state index is 0.0418. The molecule has 1 amide bonds. The number of carbonyl (C=O) groups is 1. The van der Waals surface area contributed by atoms with E-state index in [0.717, 1.165) is 30.0 Å². The Balaban J connectivity index is 2.16. The number of rotatable bonds is 5. The number of hydrogen-bond acceptors (Lipinski definition) is 3. The fraction of sp³-hybridized carbons (Fsp3) is 0.438. The monoisotopic (exact) mass is 274 g/mol. The SMILES string of the molecule is C=C1N(c2cccc(OCCCC)c2)NC(=O)C1(C)C. The Labute approximate surface area is 120 Å². The van der Waals surface area contributed by atoms with Crippen molar-refractivity contribution >= 4 is 11.6 Å². The van der Waals surface area contributed by atoms with Crippen molar-refractivity contribution in [2.45, 2.75) is 33.6 Å². The molecule has 0 saturated carbocycles. The first-order valence-corrected chi connectivity index (χ1v) is 7.00. The largest absolute Gasteiger partial charge is 0.494 e. The number of amides is 1. The molecular formula is C16H22N2O2. The zero-order chi connectivity index (χ0) is 14.8. The van der Waals surface area contributed by atoms with Crippen molar-refractivity contribution in [2.24, 2.45) is 5.41 Å². The van der Waals surface area contributed by atoms with Crippen LogP contribution in [-0.4, -0.2) is 12.5 Å². The Morgan fingerprint density at radius 2 is 2.15 bits per heavy atom. The molecule has 0 spiro atoms. The molecular weight excluding hydrogens is 252 g/mol. The Hall–Kier alpha value is -1.97. The first-order valence-electron chi connectivity index (χ1n) is 7.00. The van der Waals surface area contributed by atoms with Gasteiger partial charge in [-0.25, -0.2) is 0 Å². The van der Waals surface area contributed by atoms with Crippen LogP contribution in [0.2, 0.25) is 0 Å². The number of nitrogens with zero attached hydrogens (tertiary/aromatic N) is 1. The van der Waals surface area contributed by atoms with Gasteiger partial charge in [-0.05, 0) is 32.4 Å². The van der Waals surface area contributed by atoms with Gasteiger partial charge in [-0.2, -0.15) is 0 Å². The summed E-state index contributed by atoms with van der Waals surface area (Å²) in [5.41, 5.74) is 3.87. The number of hydrazine groups is 1. The molecule has 0 unspecified atom stereocenters. The van der Waals surface area contributed by atoms with Crippen LogP contribution in [0.4, 0.5) is 5.69 Å². The summed E-state index contributed by atoms with van der Waals surface area (Å²) < 4.78 is 5.69. The molecule has 0 atom stereocenters. The summed E-state index contributed by atoms with van der Waals surface area (Å²) in [6.07, 6.45) is 2.14. The maximum atomic E-state index is 11.9. The molecule has 1 heterocycles. The van der Waals surface area contributed by atoms with E-state index in [1.165, 1.54) is 0 Å². The van der Waals surface area contributed by atoms with Crippen LogP contribution in [-0.2, 0) is 4.79 Å². The van der Waals surface area contributed by atoms with E-state index in [4.69, 9.17) is 4.74 Å². The fourth-order valence-electron chi connectivity index (χ4n) is 1.99. The van der Waals surface area contributed by atoms with Crippen LogP contribution < -0.4 is 15.2 Å². The Kier molecular flexibility index (Phi) is 4.02. The summed E-state index contributed by atoms with van der Waals surface area (Å²) in [7, 11) is 0. The highest BCUT2D eigenvalue weighted by atomic mass is 16.5. The number of nitrogens with one attached hydrogen (secondary N) is 1. The molecule has 1 saturated heterocycles. The van der Waals surface area contributed by atoms with Crippen molar-refractivity contribution in [2.75, 3.05) is 11.6 Å². The third kappa shape index (κ3) is 2.64. The van der Waals surface area contributed by atoms with E-state index >= 15 is 0 Å². The first kappa shape index (κ1) is 14.4. The molecule has 1 N–H and O–H groups in total. The lowest BCUT2D eigenvalue weighted by atomic mass is 9.90. The van der Waals surface area contributed by atoms with Crippen molar-refractivity contribution in [3.63, 3.8) is 0 Å². The molecule has 4 heteroatoms. The maximum absolute atomic E-state index is 11.9. The number of hydrogen-bond donors (Lipinski definition) is 1. The summed E-state index contributed by atoms with van der Waals surface area (Å²) >= 11 is 0. The summed E-state index contributed by atoms with van der Waals surface area (Å²) in [5.74, 6) is 0.766. The number of anilines is 1. The minimum Gasteiger partial charge on any atom is -0.494 e. The van der Waals surface area contributed by atoms with E-state index in [-0.39, 0.29) is 5.91 Å². The lowest BCUT2D eigenvalue weighted by Crippen LogP contribution is -2.32. The Bertz CT molecular complexity index is 523. The van der Waals surface area contributed by atoms with Crippen LogP contribution >= 0.6 is 0 Å². The van der Waals surface area contributed by atoms with Crippen molar-refractivity contribution < 1.29 is 9.53 Å². The van der Waals surface area contributed by atoms with Gasteiger partial charge in [0.2, 0.25) is 5.91 Å². The van der Waals surface area contributed by atoms with Crippen LogP contribution in [0.25, 0.3) is 0 Å². The van der Waals surface area contributed by atoms with Gasteiger partial charge in [0.25, 0.3) is 0 Å². The fourth-order valence-corrected chi connectivity index (χ4v) is 1.99. The van der Waals surface area contributed by atoms with Gasteiger partial charge in [0, 0.05) is 11.8 Å². The standard InChI is InChI=1S/C16H22N2O2/c1-5-6-10-20-14-9-7-8-13(11-14)18-12(2)16(3,4)15(19)17-18/h7-9,11H,2,5-6,10H2,1,3-4H3,(H,17,19). The van der Waals surface area contributed by atoms with Crippen LogP contribution in [0.3, 0.4) is 0 Å². The summed E-state index contributed by atoms with van der Waals surface area (Å²) in [6.45, 7) is 10.6. The molecule has 0 aliphatic carbocycles. The van der Waals surface area contributed by atoms with Crippen LogP contribution in [0.5, 0.6) is 5.75 Å². The van der Waals surface area contributed by atoms with Gasteiger partial charge >= 0.3 is 0 Å². The molecule has 1 aliphatic rings. The van der Waals surface area contributed by atoms with Crippen LogP contribution in [0, 0.1) is 5.41 Å². The third-order valence-electron chi connectivity index (χ3n) is 3.61. The second kappa shape index (κ2) is 5.57. The van der Waals surface area contributed by atoms with Crippen molar-refractivity contribution in [3.05, 3.63) is 36.5 Å². The van der Waals surface area contributed by atoms with Gasteiger partial charge in [-0.1, -0.05) is 26.0 Å². The summed E-state index contributed by atoms with van der Waals surface area (Å²) in [4.78, 5) is 11.9. The van der Waals surface area contributed by atoms with E-state index in [0.29, 0.717) is 6.61 Å². The van der Waals surface area contributed by atoms with Gasteiger partial charge in [0.05, 0.1) is 17.7 Å². The van der Waals surface area contributed by atoms with Crippen molar-refractivity contribution in [1.82, 2.24) is 5.43 Å². The van der Waals surface area contributed by atoms with Crippen molar-refractivity contribution in [3.8, 4) is 5.75 Å². The highest BCUT2D eigenvalue weighted by Gasteiger charge is 2.42. The second-order valence-electron chi connectivity index (χ2n) is 5.55. The molecule has 0 aromatic heterocycles. The summed E-state index contributed by atoms with van der Waals surface area (Å²) in [6, 6.07) is 7.69. The molecule has 1 aromatic rings. The predicted molar refractivity (Wildman–Crippen MR) is 80.4 cm³/mol. The van der Waals surface area contributed by atoms with Gasteiger partial charge in [-0.15, -0.1) is 0 Å². The van der Waals surface area contributed by atoms with Crippen molar-refractivity contribution in [1.29, 1.82) is 0 Å². The molecule has 1 aliphatic heterocycles. The van der Waals surface area contributed by atoms with E-state index in [2.05, 4.69) is 18.9 Å². The Morgan fingerprint density at radius 3 is 2.75 bits per heavy atom. The van der Waals surface area contributed by atoms with Gasteiger partial charge < -0.3 is 4.74 Å². The number of unbranched alkanes of at least 4 members (excludes halogenated alkanes) is 1. The van der Waals surface area contributed by atoms with Crippen LogP contribution in [0.15, 0.2) is 36.5 Å². The first-order chi connectivity index (χ1) is 9.46. The molecule has 4 nitrogen and oxygen atoms in total. The molecule has 1 fully saturated rings. The zero-order valence-electron chi connectivity index (χ0n) is 12.4. The van der Waals surface area contributed by atoms with Gasteiger partial charge in [-0.3, -0.25) is 15.2 Å². The number of benzene rings is 1. The van der Waals surface area contributed by atoms with E-state index < -0.39 is 5.41 Å². The molecule has 1 aromatic carbocycles. The van der Waals surface area contributed by atoms with E-state index in [9.17, 15) is 4.79 Å². The van der Waals surface area contributed by atoms with E-state index in [1.54, 1.807) is 5.01 Å². The number of carbonyl (C=O) groups excluding carboxylic acids is 1. The predicted octanol–water partition coefficient (Wildman–Crippen LogP) is 3.26. The average molecular weight is 274 g/mol.